The Morgan fingerprint density at radius 1 is 1.02 bits per heavy atom. The maximum Gasteiger partial charge on any atom is 0.415 e. The van der Waals surface area contributed by atoms with E-state index in [2.05, 4.69) is 18.7 Å². The Bertz CT molecular complexity index is 1460. The van der Waals surface area contributed by atoms with Crippen molar-refractivity contribution < 1.29 is 28.4 Å². The van der Waals surface area contributed by atoms with E-state index >= 15 is 0 Å². The highest BCUT2D eigenvalue weighted by atomic mass is 32.2. The summed E-state index contributed by atoms with van der Waals surface area (Å²) in [4.78, 5) is 29.1. The Morgan fingerprint density at radius 2 is 1.64 bits per heavy atom. The standard InChI is InChI=1S/C34H39NO6S/c1-22-18-25(19-23(2)32(22)41-34(4,5)24(3)36)12-13-27-20-35(33(38)40-28-10-8-7-9-11-28)21-30(27)31(37)26-14-16-29(17-15-26)42(6)39/h7-11,14-19,27,30,36H,3,12-13,20-21H2,1-2,4-6H3/t27-,30-,42?/m1/s1. The highest BCUT2D eigenvalue weighted by Gasteiger charge is 2.40. The van der Waals surface area contributed by atoms with Gasteiger partial charge >= 0.3 is 6.09 Å². The molecule has 42 heavy (non-hydrogen) atoms. The molecular formula is C34H39NO6S. The number of likely N-dealkylation sites (tertiary alicyclic amines) is 1. The molecule has 0 spiro atoms. The molecule has 1 amide bonds. The Morgan fingerprint density at radius 3 is 2.21 bits per heavy atom. The van der Waals surface area contributed by atoms with E-state index in [0.29, 0.717) is 41.3 Å². The van der Waals surface area contributed by atoms with Crippen LogP contribution in [-0.2, 0) is 17.2 Å². The lowest BCUT2D eigenvalue weighted by atomic mass is 9.84. The first-order chi connectivity index (χ1) is 19.9. The van der Waals surface area contributed by atoms with Crippen LogP contribution in [0.4, 0.5) is 4.79 Å². The van der Waals surface area contributed by atoms with Gasteiger partial charge in [0, 0.05) is 46.5 Å². The number of para-hydroxylation sites is 1. The van der Waals surface area contributed by atoms with E-state index in [1.54, 1.807) is 73.5 Å². The monoisotopic (exact) mass is 589 g/mol. The molecule has 3 atom stereocenters. The first-order valence-electron chi connectivity index (χ1n) is 14.0. The van der Waals surface area contributed by atoms with Crippen LogP contribution in [0.2, 0.25) is 0 Å². The van der Waals surface area contributed by atoms with Gasteiger partial charge in [-0.05, 0) is 87.4 Å². The molecule has 0 bridgehead atoms. The van der Waals surface area contributed by atoms with Gasteiger partial charge in [0.2, 0.25) is 0 Å². The number of carbonyl (C=O) groups excluding carboxylic acids is 2. The van der Waals surface area contributed by atoms with Crippen molar-refractivity contribution in [1.29, 1.82) is 0 Å². The smallest absolute Gasteiger partial charge is 0.415 e. The highest BCUT2D eigenvalue weighted by molar-refractivity contribution is 7.84. The summed E-state index contributed by atoms with van der Waals surface area (Å²) in [6.07, 6.45) is 2.54. The molecular weight excluding hydrogens is 550 g/mol. The second-order valence-corrected chi connectivity index (χ2v) is 12.8. The van der Waals surface area contributed by atoms with Gasteiger partial charge in [0.05, 0.1) is 0 Å². The Balaban J connectivity index is 1.53. The number of aryl methyl sites for hydroxylation is 3. The zero-order valence-corrected chi connectivity index (χ0v) is 25.7. The Hall–Kier alpha value is -3.91. The number of aliphatic hydroxyl groups is 1. The molecule has 0 aliphatic carbocycles. The number of amides is 1. The maximum absolute atomic E-state index is 13.7. The number of rotatable bonds is 10. The molecule has 1 saturated heterocycles. The summed E-state index contributed by atoms with van der Waals surface area (Å²) in [7, 11) is -1.14. The van der Waals surface area contributed by atoms with Crippen LogP contribution in [0.25, 0.3) is 0 Å². The average Bonchev–Trinajstić information content (AvgIpc) is 3.38. The van der Waals surface area contributed by atoms with Crippen LogP contribution in [-0.4, -0.2) is 51.0 Å². The Labute approximate surface area is 250 Å². The van der Waals surface area contributed by atoms with E-state index in [-0.39, 0.29) is 24.0 Å². The second-order valence-electron chi connectivity index (χ2n) is 11.5. The number of ketones is 1. The van der Waals surface area contributed by atoms with E-state index in [4.69, 9.17) is 9.47 Å². The third kappa shape index (κ3) is 7.29. The molecule has 0 saturated carbocycles. The molecule has 0 radical (unpaired) electrons. The van der Waals surface area contributed by atoms with Crippen molar-refractivity contribution in [3.8, 4) is 11.5 Å². The second kappa shape index (κ2) is 12.9. The number of carbonyl (C=O) groups is 2. The average molecular weight is 590 g/mol. The molecule has 7 nitrogen and oxygen atoms in total. The van der Waals surface area contributed by atoms with Crippen molar-refractivity contribution in [3.63, 3.8) is 0 Å². The fourth-order valence-electron chi connectivity index (χ4n) is 5.30. The molecule has 1 unspecified atom stereocenters. The van der Waals surface area contributed by atoms with Crippen molar-refractivity contribution in [3.05, 3.63) is 101 Å². The molecule has 1 fully saturated rings. The van der Waals surface area contributed by atoms with Crippen LogP contribution in [0.5, 0.6) is 11.5 Å². The van der Waals surface area contributed by atoms with Crippen LogP contribution >= 0.6 is 0 Å². The zero-order chi connectivity index (χ0) is 30.6. The molecule has 1 aliphatic rings. The topological polar surface area (TPSA) is 93.1 Å². The summed E-state index contributed by atoms with van der Waals surface area (Å²) < 4.78 is 23.5. The lowest BCUT2D eigenvalue weighted by Gasteiger charge is -2.27. The van der Waals surface area contributed by atoms with Crippen LogP contribution < -0.4 is 9.47 Å². The third-order valence-corrected chi connectivity index (χ3v) is 8.77. The maximum atomic E-state index is 13.7. The van der Waals surface area contributed by atoms with Crippen LogP contribution in [0.15, 0.2) is 84.0 Å². The molecule has 4 rings (SSSR count). The van der Waals surface area contributed by atoms with Gasteiger partial charge in [-0.2, -0.15) is 0 Å². The minimum Gasteiger partial charge on any atom is -0.509 e. The number of hydrogen-bond donors (Lipinski definition) is 1. The predicted octanol–water partition coefficient (Wildman–Crippen LogP) is 6.83. The molecule has 222 valence electrons. The van der Waals surface area contributed by atoms with Gasteiger partial charge in [0.25, 0.3) is 0 Å². The van der Waals surface area contributed by atoms with Gasteiger partial charge in [0.1, 0.15) is 17.3 Å². The largest absolute Gasteiger partial charge is 0.509 e. The number of ether oxygens (including phenoxy) is 2. The van der Waals surface area contributed by atoms with Crippen molar-refractivity contribution in [2.45, 2.75) is 51.0 Å². The predicted molar refractivity (Wildman–Crippen MR) is 165 cm³/mol. The zero-order valence-electron chi connectivity index (χ0n) is 24.9. The van der Waals surface area contributed by atoms with Crippen LogP contribution in [0.3, 0.4) is 0 Å². The number of Topliss-reactive ketones (excluding diaryl/α,β-unsaturated/α-hetero) is 1. The van der Waals surface area contributed by atoms with Crippen molar-refractivity contribution >= 4 is 22.7 Å². The minimum atomic E-state index is -1.14. The fraction of sp³-hybridized carbons (Fsp3) is 0.353. The van der Waals surface area contributed by atoms with Gasteiger partial charge in [-0.15, -0.1) is 0 Å². The van der Waals surface area contributed by atoms with Gasteiger partial charge in [-0.1, -0.05) is 49.0 Å². The number of aliphatic hydroxyl groups excluding tert-OH is 1. The molecule has 1 aliphatic heterocycles. The van der Waals surface area contributed by atoms with E-state index in [1.807, 2.05) is 19.9 Å². The fourth-order valence-corrected chi connectivity index (χ4v) is 5.82. The van der Waals surface area contributed by atoms with Gasteiger partial charge in [-0.25, -0.2) is 4.79 Å². The summed E-state index contributed by atoms with van der Waals surface area (Å²) in [5, 5.41) is 9.92. The summed E-state index contributed by atoms with van der Waals surface area (Å²) >= 11 is 0. The lowest BCUT2D eigenvalue weighted by Crippen LogP contribution is -2.32. The molecule has 0 aromatic heterocycles. The number of benzene rings is 3. The Kier molecular flexibility index (Phi) is 9.57. The van der Waals surface area contributed by atoms with Crippen LogP contribution in [0.1, 0.15) is 47.3 Å². The van der Waals surface area contributed by atoms with E-state index in [9.17, 15) is 18.9 Å². The first-order valence-corrected chi connectivity index (χ1v) is 15.6. The highest BCUT2D eigenvalue weighted by Crippen LogP contribution is 2.34. The summed E-state index contributed by atoms with van der Waals surface area (Å²) in [5.41, 5.74) is 2.61. The third-order valence-electron chi connectivity index (χ3n) is 7.83. The molecule has 3 aromatic rings. The molecule has 1 N–H and O–H groups in total. The van der Waals surface area contributed by atoms with Crippen molar-refractivity contribution in [2.75, 3.05) is 19.3 Å². The van der Waals surface area contributed by atoms with Gasteiger partial charge in [0.15, 0.2) is 11.4 Å². The van der Waals surface area contributed by atoms with E-state index in [1.165, 1.54) is 0 Å². The quantitative estimate of drug-likeness (QED) is 0.206. The SMILES string of the molecule is C=C(O)C(C)(C)Oc1c(C)cc(CC[C@@H]2CN(C(=O)Oc3ccccc3)C[C@H]2C(=O)c2ccc(S(C)=O)cc2)cc1C. The summed E-state index contributed by atoms with van der Waals surface area (Å²) in [6.45, 7) is 11.8. The minimum absolute atomic E-state index is 0.0361. The van der Waals surface area contributed by atoms with Gasteiger partial charge in [-0.3, -0.25) is 9.00 Å². The van der Waals surface area contributed by atoms with Crippen LogP contribution in [0, 0.1) is 25.7 Å². The first kappa shape index (κ1) is 31.0. The van der Waals surface area contributed by atoms with E-state index in [0.717, 1.165) is 16.7 Å². The summed E-state index contributed by atoms with van der Waals surface area (Å²) in [5.74, 6) is 0.611. The lowest BCUT2D eigenvalue weighted by molar-refractivity contribution is 0.0895. The molecule has 8 heteroatoms. The van der Waals surface area contributed by atoms with Gasteiger partial charge < -0.3 is 19.5 Å². The van der Waals surface area contributed by atoms with Crippen molar-refractivity contribution in [2.24, 2.45) is 11.8 Å². The summed E-state index contributed by atoms with van der Waals surface area (Å²) in [6, 6.07) is 19.9. The number of nitrogens with zero attached hydrogens (tertiary/aromatic N) is 1. The number of hydrogen-bond acceptors (Lipinski definition) is 6. The van der Waals surface area contributed by atoms with Crippen molar-refractivity contribution in [1.82, 2.24) is 4.90 Å². The molecule has 3 aromatic carbocycles. The normalized spacial score (nSPS) is 17.5. The molecule has 1 heterocycles. The van der Waals surface area contributed by atoms with E-state index < -0.39 is 28.4 Å².